The first-order valence-corrected chi connectivity index (χ1v) is 7.77. The summed E-state index contributed by atoms with van der Waals surface area (Å²) in [7, 11) is 0. The van der Waals surface area contributed by atoms with Crippen LogP contribution in [0.15, 0.2) is 54.6 Å². The van der Waals surface area contributed by atoms with Crippen LogP contribution in [0.2, 0.25) is 0 Å². The minimum absolute atomic E-state index is 0.0381. The van der Waals surface area contributed by atoms with Crippen LogP contribution in [-0.4, -0.2) is 24.6 Å². The zero-order valence-corrected chi connectivity index (χ0v) is 13.8. The van der Waals surface area contributed by atoms with Gasteiger partial charge in [0.05, 0.1) is 24.7 Å². The lowest BCUT2D eigenvalue weighted by Gasteiger charge is -2.14. The minimum atomic E-state index is -0.949. The number of hydrogen-bond donors (Lipinski definition) is 1. The summed E-state index contributed by atoms with van der Waals surface area (Å²) in [5.74, 6) is -0.324. The number of nitrogens with zero attached hydrogens (tertiary/aromatic N) is 1. The van der Waals surface area contributed by atoms with Crippen molar-refractivity contribution in [3.8, 4) is 11.8 Å². The number of ether oxygens (including phenoxy) is 2. The normalized spacial score (nSPS) is 11.0. The monoisotopic (exact) mass is 338 g/mol. The van der Waals surface area contributed by atoms with E-state index < -0.39 is 18.0 Å². The van der Waals surface area contributed by atoms with Crippen LogP contribution in [0.3, 0.4) is 0 Å². The highest BCUT2D eigenvalue weighted by atomic mass is 16.5. The Morgan fingerprint density at radius 1 is 1.16 bits per heavy atom. The van der Waals surface area contributed by atoms with Gasteiger partial charge in [0.2, 0.25) is 0 Å². The molecule has 0 fully saturated rings. The summed E-state index contributed by atoms with van der Waals surface area (Å²) < 4.78 is 10.5. The zero-order chi connectivity index (χ0) is 18.1. The fourth-order valence-electron chi connectivity index (χ4n) is 1.99. The summed E-state index contributed by atoms with van der Waals surface area (Å²) in [6.45, 7) is 1.65. The molecule has 0 aromatic heterocycles. The van der Waals surface area contributed by atoms with E-state index in [-0.39, 0.29) is 13.0 Å². The molecular weight excluding hydrogens is 320 g/mol. The maximum absolute atomic E-state index is 12.0. The molecule has 1 amide bonds. The van der Waals surface area contributed by atoms with Gasteiger partial charge in [-0.25, -0.2) is 0 Å². The van der Waals surface area contributed by atoms with Crippen LogP contribution in [0.25, 0.3) is 0 Å². The van der Waals surface area contributed by atoms with Gasteiger partial charge in [-0.3, -0.25) is 9.59 Å². The van der Waals surface area contributed by atoms with E-state index >= 15 is 0 Å². The van der Waals surface area contributed by atoms with Gasteiger partial charge in [0.15, 0.2) is 6.10 Å². The van der Waals surface area contributed by atoms with E-state index in [1.54, 1.807) is 36.4 Å². The van der Waals surface area contributed by atoms with Gasteiger partial charge in [-0.05, 0) is 37.3 Å². The Morgan fingerprint density at radius 2 is 1.92 bits per heavy atom. The average molecular weight is 338 g/mol. The largest absolute Gasteiger partial charge is 0.493 e. The number of rotatable bonds is 7. The molecule has 2 rings (SSSR count). The van der Waals surface area contributed by atoms with Crippen molar-refractivity contribution >= 4 is 17.6 Å². The van der Waals surface area contributed by atoms with Crippen molar-refractivity contribution < 1.29 is 19.1 Å². The van der Waals surface area contributed by atoms with Crippen LogP contribution in [0, 0.1) is 11.3 Å². The number of amides is 1. The number of carbonyl (C=O) groups is 2. The van der Waals surface area contributed by atoms with Crippen molar-refractivity contribution in [3.05, 3.63) is 60.2 Å². The summed E-state index contributed by atoms with van der Waals surface area (Å²) in [4.78, 5) is 23.8. The number of nitrogens with one attached hydrogen (secondary N) is 1. The second kappa shape index (κ2) is 9.08. The second-order valence-electron chi connectivity index (χ2n) is 5.23. The molecular formula is C19H18N2O4. The van der Waals surface area contributed by atoms with Crippen molar-refractivity contribution in [2.24, 2.45) is 0 Å². The third-order valence-electron chi connectivity index (χ3n) is 3.25. The van der Waals surface area contributed by atoms with Crippen molar-refractivity contribution in [1.29, 1.82) is 5.26 Å². The number of para-hydroxylation sites is 1. The van der Waals surface area contributed by atoms with Crippen LogP contribution >= 0.6 is 0 Å². The average Bonchev–Trinajstić information content (AvgIpc) is 2.62. The molecule has 0 saturated heterocycles. The van der Waals surface area contributed by atoms with E-state index in [2.05, 4.69) is 5.32 Å². The molecule has 0 aliphatic rings. The molecule has 0 aliphatic carbocycles. The molecule has 0 saturated carbocycles. The van der Waals surface area contributed by atoms with Gasteiger partial charge < -0.3 is 14.8 Å². The lowest BCUT2D eigenvalue weighted by atomic mass is 10.2. The predicted molar refractivity (Wildman–Crippen MR) is 91.9 cm³/mol. The Labute approximate surface area is 146 Å². The van der Waals surface area contributed by atoms with E-state index in [4.69, 9.17) is 14.7 Å². The molecule has 0 spiro atoms. The van der Waals surface area contributed by atoms with E-state index in [0.29, 0.717) is 17.0 Å². The molecule has 128 valence electrons. The van der Waals surface area contributed by atoms with Gasteiger partial charge in [0.25, 0.3) is 5.91 Å². The highest BCUT2D eigenvalue weighted by molar-refractivity contribution is 5.95. The SMILES string of the molecule is C[C@@H](OC(=O)CCOc1ccccc1)C(=O)Nc1cccc(C#N)c1. The van der Waals surface area contributed by atoms with Gasteiger partial charge >= 0.3 is 5.97 Å². The summed E-state index contributed by atoms with van der Waals surface area (Å²) >= 11 is 0. The highest BCUT2D eigenvalue weighted by Gasteiger charge is 2.18. The Balaban J connectivity index is 1.76. The molecule has 2 aromatic rings. The molecule has 0 unspecified atom stereocenters. The molecule has 0 radical (unpaired) electrons. The smallest absolute Gasteiger partial charge is 0.310 e. The maximum Gasteiger partial charge on any atom is 0.310 e. The Morgan fingerprint density at radius 3 is 2.64 bits per heavy atom. The van der Waals surface area contributed by atoms with Gasteiger partial charge in [-0.15, -0.1) is 0 Å². The van der Waals surface area contributed by atoms with Crippen molar-refractivity contribution in [3.63, 3.8) is 0 Å². The third-order valence-corrected chi connectivity index (χ3v) is 3.25. The lowest BCUT2D eigenvalue weighted by molar-refractivity contribution is -0.153. The summed E-state index contributed by atoms with van der Waals surface area (Å²) in [6.07, 6.45) is -0.911. The fraction of sp³-hybridized carbons (Fsp3) is 0.211. The van der Waals surface area contributed by atoms with Crippen LogP contribution < -0.4 is 10.1 Å². The fourth-order valence-corrected chi connectivity index (χ4v) is 1.99. The Kier molecular flexibility index (Phi) is 6.55. The quantitative estimate of drug-likeness (QED) is 0.784. The molecule has 25 heavy (non-hydrogen) atoms. The first kappa shape index (κ1) is 18.0. The molecule has 6 heteroatoms. The number of anilines is 1. The van der Waals surface area contributed by atoms with Gasteiger partial charge in [0, 0.05) is 5.69 Å². The number of carbonyl (C=O) groups excluding carboxylic acids is 2. The van der Waals surface area contributed by atoms with E-state index in [0.717, 1.165) is 0 Å². The van der Waals surface area contributed by atoms with Crippen molar-refractivity contribution in [1.82, 2.24) is 0 Å². The third kappa shape index (κ3) is 5.99. The summed E-state index contributed by atoms with van der Waals surface area (Å²) in [5.41, 5.74) is 0.903. The summed E-state index contributed by atoms with van der Waals surface area (Å²) in [6, 6.07) is 17.6. The number of nitriles is 1. The number of esters is 1. The molecule has 0 heterocycles. The molecule has 1 atom stereocenters. The predicted octanol–water partition coefficient (Wildman–Crippen LogP) is 2.90. The summed E-state index contributed by atoms with van der Waals surface area (Å²) in [5, 5.41) is 11.5. The van der Waals surface area contributed by atoms with Crippen molar-refractivity contribution in [2.45, 2.75) is 19.4 Å². The zero-order valence-electron chi connectivity index (χ0n) is 13.8. The molecule has 6 nitrogen and oxygen atoms in total. The van der Waals surface area contributed by atoms with Crippen LogP contribution in [0.5, 0.6) is 5.75 Å². The second-order valence-corrected chi connectivity index (χ2v) is 5.23. The van der Waals surface area contributed by atoms with Gasteiger partial charge in [0.1, 0.15) is 5.75 Å². The molecule has 1 N–H and O–H groups in total. The first-order valence-electron chi connectivity index (χ1n) is 7.77. The van der Waals surface area contributed by atoms with Crippen LogP contribution in [-0.2, 0) is 14.3 Å². The van der Waals surface area contributed by atoms with Gasteiger partial charge in [-0.1, -0.05) is 24.3 Å². The Bertz CT molecular complexity index is 768. The number of benzene rings is 2. The van der Waals surface area contributed by atoms with Gasteiger partial charge in [-0.2, -0.15) is 5.26 Å². The van der Waals surface area contributed by atoms with Crippen LogP contribution in [0.1, 0.15) is 18.9 Å². The molecule has 0 bridgehead atoms. The highest BCUT2D eigenvalue weighted by Crippen LogP contribution is 2.11. The van der Waals surface area contributed by atoms with E-state index in [1.807, 2.05) is 24.3 Å². The topological polar surface area (TPSA) is 88.4 Å². The van der Waals surface area contributed by atoms with E-state index in [9.17, 15) is 9.59 Å². The molecule has 0 aliphatic heterocycles. The van der Waals surface area contributed by atoms with E-state index in [1.165, 1.54) is 6.92 Å². The minimum Gasteiger partial charge on any atom is -0.493 e. The number of hydrogen-bond acceptors (Lipinski definition) is 5. The van der Waals surface area contributed by atoms with Crippen LogP contribution in [0.4, 0.5) is 5.69 Å². The maximum atomic E-state index is 12.0. The molecule has 2 aromatic carbocycles. The van der Waals surface area contributed by atoms with Crippen molar-refractivity contribution in [2.75, 3.05) is 11.9 Å². The standard InChI is InChI=1S/C19H18N2O4/c1-14(19(23)21-16-7-5-6-15(12-16)13-20)25-18(22)10-11-24-17-8-3-2-4-9-17/h2-9,12,14H,10-11H2,1H3,(H,21,23)/t14-/m1/s1. The first-order chi connectivity index (χ1) is 12.1. The lowest BCUT2D eigenvalue weighted by Crippen LogP contribution is -2.30. The Hall–Kier alpha value is -3.33.